The van der Waals surface area contributed by atoms with E-state index in [2.05, 4.69) is 29.0 Å². The lowest BCUT2D eigenvalue weighted by Crippen LogP contribution is -2.08. The van der Waals surface area contributed by atoms with Crippen molar-refractivity contribution in [1.82, 2.24) is 0 Å². The highest BCUT2D eigenvalue weighted by Gasteiger charge is 2.25. The fourth-order valence-corrected chi connectivity index (χ4v) is 3.18. The molecule has 4 nitrogen and oxygen atoms in total. The van der Waals surface area contributed by atoms with E-state index in [1.54, 1.807) is 36.4 Å². The number of unbranched alkanes of at least 4 members (excludes halogenated alkanes) is 3. The zero-order valence-electron chi connectivity index (χ0n) is 20.8. The maximum Gasteiger partial charge on any atom is 0.205 e. The van der Waals surface area contributed by atoms with E-state index in [1.165, 1.54) is 0 Å². The van der Waals surface area contributed by atoms with Gasteiger partial charge in [-0.1, -0.05) is 45.0 Å². The van der Waals surface area contributed by atoms with Crippen LogP contribution in [0.5, 0.6) is 11.5 Å². The van der Waals surface area contributed by atoms with Crippen LogP contribution < -0.4 is 9.47 Å². The third-order valence-electron chi connectivity index (χ3n) is 5.30. The van der Waals surface area contributed by atoms with Gasteiger partial charge in [0.25, 0.3) is 0 Å². The highest BCUT2D eigenvalue weighted by Crippen LogP contribution is 2.30. The van der Waals surface area contributed by atoms with Crippen molar-refractivity contribution in [2.45, 2.75) is 46.0 Å². The molecule has 0 amide bonds. The normalized spacial score (nSPS) is 10.9. The van der Waals surface area contributed by atoms with Gasteiger partial charge in [0.15, 0.2) is 17.4 Å². The van der Waals surface area contributed by atoms with Gasteiger partial charge in [-0.05, 0) is 61.4 Å². The molecule has 0 saturated carbocycles. The molecular formula is C29H28F4N2O2. The van der Waals surface area contributed by atoms with Crippen LogP contribution in [0.25, 0.3) is 0 Å². The van der Waals surface area contributed by atoms with E-state index in [9.17, 15) is 17.6 Å². The first-order chi connectivity index (χ1) is 17.9. The lowest BCUT2D eigenvalue weighted by atomic mass is 10.1. The van der Waals surface area contributed by atoms with Crippen LogP contribution in [0, 0.1) is 35.1 Å². The van der Waals surface area contributed by atoms with Gasteiger partial charge in [-0.3, -0.25) is 0 Å². The molecule has 0 aliphatic rings. The van der Waals surface area contributed by atoms with Gasteiger partial charge in [0.05, 0.1) is 24.6 Å². The van der Waals surface area contributed by atoms with Crippen molar-refractivity contribution in [3.63, 3.8) is 0 Å². The van der Waals surface area contributed by atoms with Crippen molar-refractivity contribution in [3.8, 4) is 23.3 Å². The van der Waals surface area contributed by atoms with Crippen molar-refractivity contribution in [2.24, 2.45) is 10.2 Å². The second-order valence-electron chi connectivity index (χ2n) is 8.21. The van der Waals surface area contributed by atoms with Crippen LogP contribution in [0.3, 0.4) is 0 Å². The maximum atomic E-state index is 14.4. The van der Waals surface area contributed by atoms with E-state index >= 15 is 0 Å². The predicted molar refractivity (Wildman–Crippen MR) is 135 cm³/mol. The molecule has 0 atom stereocenters. The molecule has 0 unspecified atom stereocenters. The van der Waals surface area contributed by atoms with Gasteiger partial charge in [-0.25, -0.2) is 8.78 Å². The van der Waals surface area contributed by atoms with Crippen molar-refractivity contribution in [2.75, 3.05) is 13.2 Å². The molecule has 0 saturated heterocycles. The lowest BCUT2D eigenvalue weighted by Gasteiger charge is -2.10. The van der Waals surface area contributed by atoms with Crippen LogP contribution in [0.15, 0.2) is 58.8 Å². The van der Waals surface area contributed by atoms with Crippen LogP contribution in [-0.2, 0) is 0 Å². The summed E-state index contributed by atoms with van der Waals surface area (Å²) in [5.74, 6) is -2.00. The molecule has 3 rings (SSSR count). The molecule has 0 aliphatic carbocycles. The number of nitrogens with zero attached hydrogens (tertiary/aromatic N) is 2. The van der Waals surface area contributed by atoms with E-state index in [0.717, 1.165) is 31.4 Å². The van der Waals surface area contributed by atoms with Crippen LogP contribution in [0.2, 0.25) is 0 Å². The van der Waals surface area contributed by atoms with Crippen molar-refractivity contribution < 1.29 is 27.0 Å². The molecule has 0 fully saturated rings. The smallest absolute Gasteiger partial charge is 0.205 e. The predicted octanol–water partition coefficient (Wildman–Crippen LogP) is 8.81. The van der Waals surface area contributed by atoms with E-state index in [-0.39, 0.29) is 6.61 Å². The van der Waals surface area contributed by atoms with Gasteiger partial charge in [-0.2, -0.15) is 19.0 Å². The molecule has 0 heterocycles. The minimum absolute atomic E-state index is 0.0476. The van der Waals surface area contributed by atoms with Crippen LogP contribution in [0.1, 0.15) is 57.1 Å². The molecule has 194 valence electrons. The summed E-state index contributed by atoms with van der Waals surface area (Å²) >= 11 is 0. The number of azo groups is 1. The zero-order chi connectivity index (χ0) is 26.6. The van der Waals surface area contributed by atoms with Crippen LogP contribution in [0.4, 0.5) is 28.9 Å². The van der Waals surface area contributed by atoms with Crippen LogP contribution >= 0.6 is 0 Å². The lowest BCUT2D eigenvalue weighted by molar-refractivity contribution is 0.264. The number of halogens is 4. The van der Waals surface area contributed by atoms with E-state index in [1.807, 2.05) is 19.1 Å². The number of benzene rings is 3. The average Bonchev–Trinajstić information content (AvgIpc) is 2.92. The van der Waals surface area contributed by atoms with E-state index < -0.39 is 34.6 Å². The second kappa shape index (κ2) is 14.0. The fourth-order valence-electron chi connectivity index (χ4n) is 3.18. The SMILES string of the molecule is CCCCCOc1c(F)c(F)c(C#Cc2ccc(N=Nc3ccc(OCCCC)cc3)cc2)c(F)c1F. The summed E-state index contributed by atoms with van der Waals surface area (Å²) in [5.41, 5.74) is 0.529. The van der Waals surface area contributed by atoms with Gasteiger partial charge in [0, 0.05) is 5.56 Å². The summed E-state index contributed by atoms with van der Waals surface area (Å²) in [6.45, 7) is 4.65. The standard InChI is InChI=1S/C29H28F4N2O2/c1-3-5-7-19-37-29-27(32)25(30)24(26(31)28(29)33)17-10-20-8-11-21(12-9-20)34-35-22-13-15-23(16-14-22)36-18-6-4-2/h8-9,11-16H,3-7,18-19H2,1-2H3. The Bertz CT molecular complexity index is 1240. The van der Waals surface area contributed by atoms with Gasteiger partial charge in [0.1, 0.15) is 11.3 Å². The number of hydrogen-bond donors (Lipinski definition) is 0. The minimum Gasteiger partial charge on any atom is -0.494 e. The molecule has 0 N–H and O–H groups in total. The summed E-state index contributed by atoms with van der Waals surface area (Å²) in [6, 6.07) is 13.5. The number of hydrogen-bond acceptors (Lipinski definition) is 4. The van der Waals surface area contributed by atoms with E-state index in [4.69, 9.17) is 9.47 Å². The molecule has 0 bridgehead atoms. The van der Waals surface area contributed by atoms with E-state index in [0.29, 0.717) is 30.0 Å². The Morgan fingerprint density at radius 3 is 1.73 bits per heavy atom. The molecule has 0 radical (unpaired) electrons. The summed E-state index contributed by atoms with van der Waals surface area (Å²) in [5, 5.41) is 8.30. The summed E-state index contributed by atoms with van der Waals surface area (Å²) < 4.78 is 68.0. The molecule has 37 heavy (non-hydrogen) atoms. The largest absolute Gasteiger partial charge is 0.494 e. The summed E-state index contributed by atoms with van der Waals surface area (Å²) in [4.78, 5) is 0. The molecular weight excluding hydrogens is 484 g/mol. The van der Waals surface area contributed by atoms with Gasteiger partial charge < -0.3 is 9.47 Å². The molecule has 0 aromatic heterocycles. The molecule has 0 aliphatic heterocycles. The topological polar surface area (TPSA) is 43.2 Å². The number of rotatable bonds is 11. The molecule has 0 spiro atoms. The molecule has 3 aromatic rings. The monoisotopic (exact) mass is 512 g/mol. The Balaban J connectivity index is 1.68. The van der Waals surface area contributed by atoms with Crippen LogP contribution in [-0.4, -0.2) is 13.2 Å². The molecule has 3 aromatic carbocycles. The Kier molecular flexibility index (Phi) is 10.5. The first-order valence-electron chi connectivity index (χ1n) is 12.2. The highest BCUT2D eigenvalue weighted by molar-refractivity contribution is 5.50. The third kappa shape index (κ3) is 7.81. The van der Waals surface area contributed by atoms with Gasteiger partial charge in [0.2, 0.25) is 11.6 Å². The highest BCUT2D eigenvalue weighted by atomic mass is 19.2. The van der Waals surface area contributed by atoms with Crippen molar-refractivity contribution in [3.05, 3.63) is 82.9 Å². The maximum absolute atomic E-state index is 14.4. The van der Waals surface area contributed by atoms with Gasteiger partial charge >= 0.3 is 0 Å². The fraction of sp³-hybridized carbons (Fsp3) is 0.310. The molecule has 8 heteroatoms. The van der Waals surface area contributed by atoms with Crippen molar-refractivity contribution >= 4 is 11.4 Å². The third-order valence-corrected chi connectivity index (χ3v) is 5.30. The Morgan fingerprint density at radius 1 is 0.622 bits per heavy atom. The zero-order valence-corrected chi connectivity index (χ0v) is 20.8. The quantitative estimate of drug-likeness (QED) is 0.0847. The second-order valence-corrected chi connectivity index (χ2v) is 8.21. The summed E-state index contributed by atoms with van der Waals surface area (Å²) in [6.07, 6.45) is 4.18. The first-order valence-corrected chi connectivity index (χ1v) is 12.2. The number of ether oxygens (including phenoxy) is 2. The van der Waals surface area contributed by atoms with Crippen molar-refractivity contribution in [1.29, 1.82) is 0 Å². The minimum atomic E-state index is -1.60. The summed E-state index contributed by atoms with van der Waals surface area (Å²) in [7, 11) is 0. The first kappa shape index (κ1) is 27.7. The Morgan fingerprint density at radius 2 is 1.16 bits per heavy atom. The average molecular weight is 513 g/mol. The Hall–Kier alpha value is -3.86. The van der Waals surface area contributed by atoms with Gasteiger partial charge in [-0.15, -0.1) is 0 Å². The Labute approximate surface area is 214 Å².